The molecular weight excluding hydrogens is 222 g/mol. The van der Waals surface area contributed by atoms with E-state index in [2.05, 4.69) is 23.9 Å². The van der Waals surface area contributed by atoms with Crippen molar-refractivity contribution in [2.24, 2.45) is 16.6 Å². The van der Waals surface area contributed by atoms with E-state index < -0.39 is 0 Å². The second-order valence-corrected chi connectivity index (χ2v) is 5.33. The Morgan fingerprint density at radius 1 is 1.17 bits per heavy atom. The van der Waals surface area contributed by atoms with E-state index in [1.165, 1.54) is 25.7 Å². The molecule has 0 aromatic heterocycles. The number of guanidine groups is 1. The molecule has 3 nitrogen and oxygen atoms in total. The van der Waals surface area contributed by atoms with Crippen LogP contribution in [0, 0.1) is 5.92 Å². The maximum absolute atomic E-state index is 6.09. The number of nitrogens with zero attached hydrogens (tertiary/aromatic N) is 2. The fourth-order valence-electron chi connectivity index (χ4n) is 2.53. The van der Waals surface area contributed by atoms with Crippen molar-refractivity contribution in [3.8, 4) is 0 Å². The van der Waals surface area contributed by atoms with Gasteiger partial charge >= 0.3 is 0 Å². The summed E-state index contributed by atoms with van der Waals surface area (Å²) in [6.07, 6.45) is 5.05. The molecule has 98 valence electrons. The average Bonchev–Trinajstić information content (AvgIpc) is 2.40. The van der Waals surface area contributed by atoms with E-state index in [1.807, 2.05) is 30.3 Å². The van der Waals surface area contributed by atoms with Crippen LogP contribution in [0.25, 0.3) is 0 Å². The number of nitrogens with two attached hydrogens (primary N) is 1. The van der Waals surface area contributed by atoms with Crippen molar-refractivity contribution >= 4 is 11.6 Å². The molecule has 0 radical (unpaired) electrons. The van der Waals surface area contributed by atoms with Crippen molar-refractivity contribution in [1.82, 2.24) is 4.90 Å². The van der Waals surface area contributed by atoms with Crippen LogP contribution in [0.1, 0.15) is 32.6 Å². The van der Waals surface area contributed by atoms with Crippen LogP contribution in [0.3, 0.4) is 0 Å². The summed E-state index contributed by atoms with van der Waals surface area (Å²) in [5, 5.41) is 0. The largest absolute Gasteiger partial charge is 0.369 e. The Morgan fingerprint density at radius 2 is 1.78 bits per heavy atom. The van der Waals surface area contributed by atoms with E-state index in [0.29, 0.717) is 12.0 Å². The molecule has 1 aromatic carbocycles. The molecule has 0 bridgehead atoms. The monoisotopic (exact) mass is 245 g/mol. The molecule has 2 N–H and O–H groups in total. The number of aliphatic imine (C=N–C) groups is 1. The molecule has 1 aromatic rings. The third-order valence-corrected chi connectivity index (χ3v) is 3.89. The van der Waals surface area contributed by atoms with Crippen molar-refractivity contribution < 1.29 is 0 Å². The zero-order chi connectivity index (χ0) is 13.0. The van der Waals surface area contributed by atoms with Crippen LogP contribution in [0.5, 0.6) is 0 Å². The molecule has 3 heteroatoms. The van der Waals surface area contributed by atoms with Crippen LogP contribution in [0.15, 0.2) is 35.3 Å². The highest BCUT2D eigenvalue weighted by molar-refractivity contribution is 5.81. The smallest absolute Gasteiger partial charge is 0.196 e. The second-order valence-electron chi connectivity index (χ2n) is 5.33. The molecule has 2 rings (SSSR count). The first-order valence-corrected chi connectivity index (χ1v) is 6.79. The Bertz CT molecular complexity index is 391. The number of benzene rings is 1. The van der Waals surface area contributed by atoms with Crippen molar-refractivity contribution in [2.75, 3.05) is 7.05 Å². The van der Waals surface area contributed by atoms with Crippen LogP contribution >= 0.6 is 0 Å². The standard InChI is InChI=1S/C15H23N3/c1-12-8-10-14(11-9-12)18(2)15(16)17-13-6-4-3-5-7-13/h3-7,12,14H,8-11H2,1-2H3,(H2,16,17). The first kappa shape index (κ1) is 12.9. The molecule has 18 heavy (non-hydrogen) atoms. The molecule has 0 amide bonds. The lowest BCUT2D eigenvalue weighted by Gasteiger charge is -2.34. The fraction of sp³-hybridized carbons (Fsp3) is 0.533. The quantitative estimate of drug-likeness (QED) is 0.642. The molecule has 0 heterocycles. The maximum Gasteiger partial charge on any atom is 0.196 e. The van der Waals surface area contributed by atoms with Gasteiger partial charge in [0.05, 0.1) is 5.69 Å². The van der Waals surface area contributed by atoms with Gasteiger partial charge in [0.1, 0.15) is 0 Å². The number of hydrogen-bond donors (Lipinski definition) is 1. The van der Waals surface area contributed by atoms with Gasteiger partial charge in [-0.25, -0.2) is 4.99 Å². The minimum absolute atomic E-state index is 0.550. The Hall–Kier alpha value is -1.51. The van der Waals surface area contributed by atoms with Gasteiger partial charge in [-0.2, -0.15) is 0 Å². The molecule has 0 saturated heterocycles. The lowest BCUT2D eigenvalue weighted by molar-refractivity contribution is 0.237. The third-order valence-electron chi connectivity index (χ3n) is 3.89. The van der Waals surface area contributed by atoms with Crippen LogP contribution in [0.4, 0.5) is 5.69 Å². The predicted octanol–water partition coefficient (Wildman–Crippen LogP) is 3.14. The maximum atomic E-state index is 6.09. The summed E-state index contributed by atoms with van der Waals surface area (Å²) in [4.78, 5) is 6.61. The van der Waals surface area contributed by atoms with Gasteiger partial charge in [0.15, 0.2) is 5.96 Å². The van der Waals surface area contributed by atoms with E-state index in [4.69, 9.17) is 5.73 Å². The SMILES string of the molecule is CC1CCC(N(C)C(N)=Nc2ccccc2)CC1. The van der Waals surface area contributed by atoms with Gasteiger partial charge in [0.25, 0.3) is 0 Å². The third kappa shape index (κ3) is 3.25. The van der Waals surface area contributed by atoms with E-state index >= 15 is 0 Å². The lowest BCUT2D eigenvalue weighted by Crippen LogP contribution is -2.43. The molecule has 0 spiro atoms. The predicted molar refractivity (Wildman–Crippen MR) is 76.9 cm³/mol. The Morgan fingerprint density at radius 3 is 2.39 bits per heavy atom. The van der Waals surface area contributed by atoms with Crippen LogP contribution in [-0.4, -0.2) is 23.9 Å². The van der Waals surface area contributed by atoms with Gasteiger partial charge < -0.3 is 10.6 Å². The Balaban J connectivity index is 2.00. The van der Waals surface area contributed by atoms with E-state index in [9.17, 15) is 0 Å². The van der Waals surface area contributed by atoms with Gasteiger partial charge in [0.2, 0.25) is 0 Å². The van der Waals surface area contributed by atoms with Crippen molar-refractivity contribution in [3.63, 3.8) is 0 Å². The van der Waals surface area contributed by atoms with Crippen LogP contribution in [-0.2, 0) is 0 Å². The highest BCUT2D eigenvalue weighted by Gasteiger charge is 2.22. The van der Waals surface area contributed by atoms with Crippen molar-refractivity contribution in [1.29, 1.82) is 0 Å². The number of para-hydroxylation sites is 1. The molecule has 1 aliphatic carbocycles. The summed E-state index contributed by atoms with van der Waals surface area (Å²) in [5.74, 6) is 1.49. The summed E-state index contributed by atoms with van der Waals surface area (Å²) in [6, 6.07) is 10.5. The number of rotatable bonds is 2. The zero-order valence-corrected chi connectivity index (χ0v) is 11.3. The molecule has 0 atom stereocenters. The lowest BCUT2D eigenvalue weighted by atomic mass is 9.87. The van der Waals surface area contributed by atoms with Gasteiger partial charge in [-0.15, -0.1) is 0 Å². The number of hydrogen-bond acceptors (Lipinski definition) is 1. The Labute approximate surface area is 110 Å². The second kappa shape index (κ2) is 5.89. The first-order valence-electron chi connectivity index (χ1n) is 6.79. The summed E-state index contributed by atoms with van der Waals surface area (Å²) >= 11 is 0. The van der Waals surface area contributed by atoms with E-state index in [1.54, 1.807) is 0 Å². The summed E-state index contributed by atoms with van der Waals surface area (Å²) in [7, 11) is 2.06. The average molecular weight is 245 g/mol. The van der Waals surface area contributed by atoms with E-state index in [0.717, 1.165) is 11.6 Å². The molecule has 0 aliphatic heterocycles. The molecule has 1 fully saturated rings. The van der Waals surface area contributed by atoms with Gasteiger partial charge in [-0.1, -0.05) is 25.1 Å². The van der Waals surface area contributed by atoms with Crippen LogP contribution in [0.2, 0.25) is 0 Å². The molecule has 1 saturated carbocycles. The van der Waals surface area contributed by atoms with Gasteiger partial charge in [-0.3, -0.25) is 0 Å². The highest BCUT2D eigenvalue weighted by atomic mass is 15.3. The first-order chi connectivity index (χ1) is 8.66. The molecular formula is C15H23N3. The van der Waals surface area contributed by atoms with Crippen molar-refractivity contribution in [3.05, 3.63) is 30.3 Å². The topological polar surface area (TPSA) is 41.6 Å². The highest BCUT2D eigenvalue weighted by Crippen LogP contribution is 2.26. The Kier molecular flexibility index (Phi) is 4.24. The minimum Gasteiger partial charge on any atom is -0.369 e. The van der Waals surface area contributed by atoms with Gasteiger partial charge in [0, 0.05) is 13.1 Å². The summed E-state index contributed by atoms with van der Waals surface area (Å²) in [6.45, 7) is 2.33. The van der Waals surface area contributed by atoms with Gasteiger partial charge in [-0.05, 0) is 43.7 Å². The molecule has 1 aliphatic rings. The summed E-state index contributed by atoms with van der Waals surface area (Å²) < 4.78 is 0. The van der Waals surface area contributed by atoms with Crippen molar-refractivity contribution in [2.45, 2.75) is 38.6 Å². The fourth-order valence-corrected chi connectivity index (χ4v) is 2.53. The molecule has 0 unspecified atom stereocenters. The van der Waals surface area contributed by atoms with E-state index in [-0.39, 0.29) is 0 Å². The zero-order valence-electron chi connectivity index (χ0n) is 11.3. The normalized spacial score (nSPS) is 24.9. The summed E-state index contributed by atoms with van der Waals surface area (Å²) in [5.41, 5.74) is 7.01. The minimum atomic E-state index is 0.550. The van der Waals surface area contributed by atoms with Crippen LogP contribution < -0.4 is 5.73 Å².